The number of benzene rings is 1. The smallest absolute Gasteiger partial charge is 0.337 e. The number of carboxylic acids is 1. The Hall–Kier alpha value is -1.81. The average molecular weight is 219 g/mol. The maximum Gasteiger partial charge on any atom is 0.337 e. The summed E-state index contributed by atoms with van der Waals surface area (Å²) in [5.74, 6) is -0.918. The van der Waals surface area contributed by atoms with Crippen molar-refractivity contribution in [1.82, 2.24) is 4.57 Å². The fourth-order valence-corrected chi connectivity index (χ4v) is 1.84. The first-order valence-electron chi connectivity index (χ1n) is 5.16. The highest BCUT2D eigenvalue weighted by molar-refractivity contribution is 6.03. The van der Waals surface area contributed by atoms with Gasteiger partial charge in [0, 0.05) is 30.3 Å². The lowest BCUT2D eigenvalue weighted by molar-refractivity contribution is 0.0699. The molecule has 1 aromatic carbocycles. The van der Waals surface area contributed by atoms with Crippen LogP contribution in [0.2, 0.25) is 0 Å². The molecule has 2 aromatic rings. The first-order valence-corrected chi connectivity index (χ1v) is 5.16. The maximum absolute atomic E-state index is 11.0. The van der Waals surface area contributed by atoms with Crippen molar-refractivity contribution in [3.05, 3.63) is 36.0 Å². The van der Waals surface area contributed by atoms with E-state index in [2.05, 4.69) is 0 Å². The lowest BCUT2D eigenvalue weighted by Gasteiger charge is -2.02. The van der Waals surface area contributed by atoms with Crippen molar-refractivity contribution >= 4 is 16.9 Å². The van der Waals surface area contributed by atoms with Crippen LogP contribution in [0.1, 0.15) is 16.8 Å². The molecule has 0 aliphatic carbocycles. The number of aromatic carboxylic acids is 1. The Morgan fingerprint density at radius 1 is 1.31 bits per heavy atom. The molecule has 0 atom stereocenters. The highest BCUT2D eigenvalue weighted by Gasteiger charge is 2.12. The molecule has 0 aliphatic heterocycles. The number of aliphatic hydroxyl groups excluding tert-OH is 1. The molecular weight excluding hydrogens is 206 g/mol. The van der Waals surface area contributed by atoms with Crippen LogP contribution in [0, 0.1) is 0 Å². The van der Waals surface area contributed by atoms with Crippen molar-refractivity contribution in [1.29, 1.82) is 0 Å². The van der Waals surface area contributed by atoms with Crippen molar-refractivity contribution < 1.29 is 15.0 Å². The van der Waals surface area contributed by atoms with Gasteiger partial charge in [0.1, 0.15) is 0 Å². The zero-order chi connectivity index (χ0) is 11.5. The predicted molar refractivity (Wildman–Crippen MR) is 60.6 cm³/mol. The minimum absolute atomic E-state index is 0.106. The number of fused-ring (bicyclic) bond motifs is 1. The fourth-order valence-electron chi connectivity index (χ4n) is 1.84. The number of hydrogen-bond donors (Lipinski definition) is 2. The third kappa shape index (κ3) is 1.79. The van der Waals surface area contributed by atoms with Gasteiger partial charge >= 0.3 is 5.97 Å². The Labute approximate surface area is 92.7 Å². The molecule has 2 N–H and O–H groups in total. The third-order valence-corrected chi connectivity index (χ3v) is 2.58. The molecule has 2 rings (SSSR count). The quantitative estimate of drug-likeness (QED) is 0.823. The van der Waals surface area contributed by atoms with Crippen LogP contribution in [0.5, 0.6) is 0 Å². The van der Waals surface area contributed by atoms with E-state index in [0.29, 0.717) is 18.5 Å². The highest BCUT2D eigenvalue weighted by atomic mass is 16.4. The van der Waals surface area contributed by atoms with Crippen molar-refractivity contribution in [2.24, 2.45) is 0 Å². The van der Waals surface area contributed by atoms with Crippen LogP contribution in [-0.2, 0) is 6.54 Å². The van der Waals surface area contributed by atoms with Crippen molar-refractivity contribution in [3.8, 4) is 0 Å². The molecule has 4 nitrogen and oxygen atoms in total. The van der Waals surface area contributed by atoms with Gasteiger partial charge in [-0.15, -0.1) is 0 Å². The van der Waals surface area contributed by atoms with Gasteiger partial charge < -0.3 is 14.8 Å². The molecule has 0 saturated carbocycles. The van der Waals surface area contributed by atoms with Gasteiger partial charge in [-0.1, -0.05) is 18.2 Å². The summed E-state index contributed by atoms with van der Waals surface area (Å²) in [5.41, 5.74) is 1.21. The number of nitrogens with zero attached hydrogens (tertiary/aromatic N) is 1. The summed E-state index contributed by atoms with van der Waals surface area (Å²) in [7, 11) is 0. The summed E-state index contributed by atoms with van der Waals surface area (Å²) in [6, 6.07) is 7.39. The van der Waals surface area contributed by atoms with E-state index in [0.717, 1.165) is 10.9 Å². The molecule has 0 spiro atoms. The van der Waals surface area contributed by atoms with Crippen LogP contribution in [-0.4, -0.2) is 27.4 Å². The number of carbonyl (C=O) groups is 1. The molecule has 16 heavy (non-hydrogen) atoms. The first kappa shape index (κ1) is 10.7. The second-order valence-electron chi connectivity index (χ2n) is 3.64. The number of aromatic nitrogens is 1. The molecule has 0 aliphatic rings. The van der Waals surface area contributed by atoms with Crippen LogP contribution in [0.15, 0.2) is 30.5 Å². The van der Waals surface area contributed by atoms with Gasteiger partial charge in [0.25, 0.3) is 0 Å². The van der Waals surface area contributed by atoms with Gasteiger partial charge in [-0.2, -0.15) is 0 Å². The van der Waals surface area contributed by atoms with Crippen molar-refractivity contribution in [3.63, 3.8) is 0 Å². The minimum atomic E-state index is -0.918. The molecule has 0 amide bonds. The molecule has 0 saturated heterocycles. The Balaban J connectivity index is 2.53. The number of carboxylic acid groups (broad SMARTS) is 1. The van der Waals surface area contributed by atoms with E-state index in [4.69, 9.17) is 10.2 Å². The first-order chi connectivity index (χ1) is 7.74. The highest BCUT2D eigenvalue weighted by Crippen LogP contribution is 2.21. The minimum Gasteiger partial charge on any atom is -0.478 e. The van der Waals surface area contributed by atoms with Gasteiger partial charge in [0.15, 0.2) is 0 Å². The van der Waals surface area contributed by atoms with E-state index in [1.54, 1.807) is 12.3 Å². The van der Waals surface area contributed by atoms with E-state index >= 15 is 0 Å². The lowest BCUT2D eigenvalue weighted by Crippen LogP contribution is -1.99. The summed E-state index contributed by atoms with van der Waals surface area (Å²) in [6.07, 6.45) is 2.25. The van der Waals surface area contributed by atoms with E-state index in [9.17, 15) is 4.79 Å². The van der Waals surface area contributed by atoms with Gasteiger partial charge in [0.2, 0.25) is 0 Å². The standard InChI is InChI=1S/C12H13NO3/c14-7-3-6-13-8-10(12(15)16)9-4-1-2-5-11(9)13/h1-2,4-5,8,14H,3,6-7H2,(H,15,16). The largest absolute Gasteiger partial charge is 0.478 e. The van der Waals surface area contributed by atoms with Gasteiger partial charge in [-0.25, -0.2) is 4.79 Å². The number of rotatable bonds is 4. The maximum atomic E-state index is 11.0. The van der Waals surface area contributed by atoms with Crippen LogP contribution < -0.4 is 0 Å². The van der Waals surface area contributed by atoms with Gasteiger partial charge in [-0.05, 0) is 12.5 Å². The van der Waals surface area contributed by atoms with Crippen LogP contribution >= 0.6 is 0 Å². The molecule has 0 radical (unpaired) electrons. The third-order valence-electron chi connectivity index (χ3n) is 2.58. The molecule has 84 valence electrons. The van der Waals surface area contributed by atoms with Crippen LogP contribution in [0.4, 0.5) is 0 Å². The normalized spacial score (nSPS) is 10.8. The van der Waals surface area contributed by atoms with E-state index in [1.807, 2.05) is 22.8 Å². The summed E-state index contributed by atoms with van der Waals surface area (Å²) in [5, 5.41) is 18.6. The second-order valence-corrected chi connectivity index (χ2v) is 3.64. The zero-order valence-electron chi connectivity index (χ0n) is 8.76. The van der Waals surface area contributed by atoms with Crippen molar-refractivity contribution in [2.45, 2.75) is 13.0 Å². The Kier molecular flexibility index (Phi) is 2.92. The molecule has 0 fully saturated rings. The van der Waals surface area contributed by atoms with Gasteiger partial charge in [0.05, 0.1) is 5.56 Å². The monoisotopic (exact) mass is 219 g/mol. The number of aryl methyl sites for hydroxylation is 1. The Bertz CT molecular complexity index is 516. The van der Waals surface area contributed by atoms with Crippen LogP contribution in [0.25, 0.3) is 10.9 Å². The fraction of sp³-hybridized carbons (Fsp3) is 0.250. The molecule has 0 bridgehead atoms. The Morgan fingerprint density at radius 3 is 2.75 bits per heavy atom. The SMILES string of the molecule is O=C(O)c1cn(CCCO)c2ccccc12. The summed E-state index contributed by atoms with van der Waals surface area (Å²) in [6.45, 7) is 0.735. The van der Waals surface area contributed by atoms with E-state index < -0.39 is 5.97 Å². The molecule has 1 aromatic heterocycles. The zero-order valence-corrected chi connectivity index (χ0v) is 8.76. The predicted octanol–water partition coefficient (Wildman–Crippen LogP) is 1.72. The summed E-state index contributed by atoms with van der Waals surface area (Å²) < 4.78 is 1.87. The van der Waals surface area contributed by atoms with Crippen LogP contribution in [0.3, 0.4) is 0 Å². The molecule has 1 heterocycles. The molecular formula is C12H13NO3. The molecule has 4 heteroatoms. The van der Waals surface area contributed by atoms with E-state index in [1.165, 1.54) is 0 Å². The number of hydrogen-bond acceptors (Lipinski definition) is 2. The number of aliphatic hydroxyl groups is 1. The van der Waals surface area contributed by atoms with E-state index in [-0.39, 0.29) is 6.61 Å². The summed E-state index contributed by atoms with van der Waals surface area (Å²) in [4.78, 5) is 11.0. The van der Waals surface area contributed by atoms with Gasteiger partial charge in [-0.3, -0.25) is 0 Å². The summed E-state index contributed by atoms with van der Waals surface area (Å²) >= 11 is 0. The number of para-hydroxylation sites is 1. The lowest BCUT2D eigenvalue weighted by atomic mass is 10.2. The molecule has 0 unspecified atom stereocenters. The topological polar surface area (TPSA) is 62.5 Å². The van der Waals surface area contributed by atoms with Crippen molar-refractivity contribution in [2.75, 3.05) is 6.61 Å². The second kappa shape index (κ2) is 4.37. The Morgan fingerprint density at radius 2 is 2.06 bits per heavy atom. The average Bonchev–Trinajstić information content (AvgIpc) is 2.65.